The molecule has 3 aliphatic heterocycles. The van der Waals surface area contributed by atoms with Crippen LogP contribution in [-0.4, -0.2) is 59.8 Å². The van der Waals surface area contributed by atoms with E-state index in [1.54, 1.807) is 36.4 Å². The van der Waals surface area contributed by atoms with Gasteiger partial charge in [0.1, 0.15) is 5.92 Å². The zero-order valence-corrected chi connectivity index (χ0v) is 21.2. The molecule has 8 nitrogen and oxygen atoms in total. The molecule has 0 aromatic heterocycles. The number of amides is 1. The molecule has 0 aliphatic carbocycles. The van der Waals surface area contributed by atoms with Crippen LogP contribution in [-0.2, 0) is 11.3 Å². The van der Waals surface area contributed by atoms with Crippen molar-refractivity contribution < 1.29 is 28.9 Å². The van der Waals surface area contributed by atoms with Gasteiger partial charge in [0.05, 0.1) is 13.2 Å². The van der Waals surface area contributed by atoms with E-state index >= 15 is 0 Å². The third kappa shape index (κ3) is 4.24. The molecule has 196 valence electrons. The molecule has 3 aliphatic rings. The fourth-order valence-corrected chi connectivity index (χ4v) is 6.09. The number of hydrogen-bond donors (Lipinski definition) is 1. The van der Waals surface area contributed by atoms with Crippen LogP contribution in [0, 0.1) is 0 Å². The summed E-state index contributed by atoms with van der Waals surface area (Å²) in [7, 11) is 1.54. The van der Waals surface area contributed by atoms with E-state index < -0.39 is 17.9 Å². The molecule has 3 aromatic rings. The van der Waals surface area contributed by atoms with Crippen molar-refractivity contribution in [3.8, 4) is 17.2 Å². The van der Waals surface area contributed by atoms with E-state index in [0.717, 1.165) is 32.5 Å². The molecule has 1 saturated heterocycles. The molecular formula is C30H30N2O6. The topological polar surface area (TPSA) is 88.5 Å². The first-order valence-electron chi connectivity index (χ1n) is 12.9. The van der Waals surface area contributed by atoms with Gasteiger partial charge >= 0.3 is 5.97 Å². The summed E-state index contributed by atoms with van der Waals surface area (Å²) in [6.07, 6.45) is 1.51. The first kappa shape index (κ1) is 24.3. The lowest BCUT2D eigenvalue weighted by Gasteiger charge is -2.47. The lowest BCUT2D eigenvalue weighted by Crippen LogP contribution is -2.53. The third-order valence-electron chi connectivity index (χ3n) is 7.86. The van der Waals surface area contributed by atoms with Gasteiger partial charge in [0.15, 0.2) is 11.5 Å². The molecule has 1 fully saturated rings. The van der Waals surface area contributed by atoms with Crippen LogP contribution in [0.25, 0.3) is 0 Å². The van der Waals surface area contributed by atoms with Gasteiger partial charge < -0.3 is 24.2 Å². The summed E-state index contributed by atoms with van der Waals surface area (Å²) in [5, 5.41) is 10.5. The minimum atomic E-state index is -0.974. The van der Waals surface area contributed by atoms with Crippen molar-refractivity contribution in [1.29, 1.82) is 0 Å². The number of carbonyl (C=O) groups is 2. The summed E-state index contributed by atoms with van der Waals surface area (Å²) in [4.78, 5) is 31.1. The number of aliphatic carboxylic acids is 1. The number of carbonyl (C=O) groups excluding carboxylic acids is 1. The Morgan fingerprint density at radius 1 is 1.03 bits per heavy atom. The minimum Gasteiger partial charge on any atom is -0.493 e. The van der Waals surface area contributed by atoms with Crippen molar-refractivity contribution in [2.45, 2.75) is 37.4 Å². The summed E-state index contributed by atoms with van der Waals surface area (Å²) in [6, 6.07) is 20.2. The van der Waals surface area contributed by atoms with Crippen LogP contribution in [0.1, 0.15) is 51.8 Å². The van der Waals surface area contributed by atoms with E-state index in [2.05, 4.69) is 17.0 Å². The van der Waals surface area contributed by atoms with E-state index in [9.17, 15) is 14.7 Å². The standard InChI is InChI=1S/C30H30N2O6/c1-36-24-15-20(16-25-28(24)38-18-37-25)27-26(30(34)35)22-9-5-6-10-23(22)29(33)32(27)21-11-13-31(14-12-21)17-19-7-3-2-4-8-19/h2-10,15-16,21,26-27H,11-14,17-18H2,1H3,(H,34,35)/t26-,27-/m1/s1. The lowest BCUT2D eigenvalue weighted by molar-refractivity contribution is -0.141. The maximum Gasteiger partial charge on any atom is 0.313 e. The molecule has 3 aromatic carbocycles. The number of piperidine rings is 1. The molecule has 1 N–H and O–H groups in total. The Labute approximate surface area is 221 Å². The molecule has 8 heteroatoms. The maximum atomic E-state index is 14.1. The van der Waals surface area contributed by atoms with Crippen LogP contribution in [0.4, 0.5) is 0 Å². The largest absolute Gasteiger partial charge is 0.493 e. The Hall–Kier alpha value is -4.04. The summed E-state index contributed by atoms with van der Waals surface area (Å²) >= 11 is 0. The zero-order valence-electron chi connectivity index (χ0n) is 21.2. The first-order valence-corrected chi connectivity index (χ1v) is 12.9. The maximum absolute atomic E-state index is 14.1. The number of carboxylic acid groups (broad SMARTS) is 1. The van der Waals surface area contributed by atoms with Gasteiger partial charge in [0.25, 0.3) is 5.91 Å². The Morgan fingerprint density at radius 3 is 2.50 bits per heavy atom. The zero-order chi connectivity index (χ0) is 26.2. The number of nitrogens with zero attached hydrogens (tertiary/aromatic N) is 2. The summed E-state index contributed by atoms with van der Waals surface area (Å²) in [6.45, 7) is 2.55. The molecule has 1 amide bonds. The van der Waals surface area contributed by atoms with Crippen molar-refractivity contribution in [2.24, 2.45) is 0 Å². The van der Waals surface area contributed by atoms with Crippen LogP contribution in [0.3, 0.4) is 0 Å². The van der Waals surface area contributed by atoms with Gasteiger partial charge in [-0.2, -0.15) is 0 Å². The highest BCUT2D eigenvalue weighted by molar-refractivity contribution is 6.00. The van der Waals surface area contributed by atoms with E-state index in [4.69, 9.17) is 14.2 Å². The van der Waals surface area contributed by atoms with Gasteiger partial charge in [0.2, 0.25) is 12.5 Å². The number of benzene rings is 3. The number of ether oxygens (including phenoxy) is 3. The Morgan fingerprint density at radius 2 is 1.76 bits per heavy atom. The molecule has 38 heavy (non-hydrogen) atoms. The van der Waals surface area contributed by atoms with Crippen LogP contribution in [0.5, 0.6) is 17.2 Å². The normalized spacial score (nSPS) is 21.3. The molecule has 0 saturated carbocycles. The second-order valence-electron chi connectivity index (χ2n) is 10.0. The fourth-order valence-electron chi connectivity index (χ4n) is 6.09. The van der Waals surface area contributed by atoms with E-state index in [0.29, 0.717) is 33.9 Å². The van der Waals surface area contributed by atoms with Crippen molar-refractivity contribution in [3.63, 3.8) is 0 Å². The molecule has 3 heterocycles. The summed E-state index contributed by atoms with van der Waals surface area (Å²) < 4.78 is 16.8. The Balaban J connectivity index is 1.38. The van der Waals surface area contributed by atoms with Crippen molar-refractivity contribution in [3.05, 3.63) is 89.0 Å². The Bertz CT molecular complexity index is 1350. The van der Waals surface area contributed by atoms with Crippen LogP contribution >= 0.6 is 0 Å². The van der Waals surface area contributed by atoms with Crippen molar-refractivity contribution in [1.82, 2.24) is 9.80 Å². The van der Waals surface area contributed by atoms with Gasteiger partial charge in [-0.15, -0.1) is 0 Å². The van der Waals surface area contributed by atoms with Gasteiger partial charge in [-0.25, -0.2) is 0 Å². The molecule has 0 unspecified atom stereocenters. The quantitative estimate of drug-likeness (QED) is 0.520. The fraction of sp³-hybridized carbons (Fsp3) is 0.333. The van der Waals surface area contributed by atoms with Gasteiger partial charge in [-0.3, -0.25) is 14.5 Å². The van der Waals surface area contributed by atoms with Crippen molar-refractivity contribution in [2.75, 3.05) is 27.0 Å². The number of hydrogen-bond acceptors (Lipinski definition) is 6. The van der Waals surface area contributed by atoms with Crippen molar-refractivity contribution >= 4 is 11.9 Å². The predicted octanol–water partition coefficient (Wildman–Crippen LogP) is 4.45. The molecule has 0 spiro atoms. The van der Waals surface area contributed by atoms with Gasteiger partial charge in [-0.05, 0) is 47.7 Å². The summed E-state index contributed by atoms with van der Waals surface area (Å²) in [5.41, 5.74) is 2.90. The van der Waals surface area contributed by atoms with E-state index in [1.807, 2.05) is 23.1 Å². The second kappa shape index (κ2) is 10.0. The molecule has 6 rings (SSSR count). The van der Waals surface area contributed by atoms with Gasteiger partial charge in [0, 0.05) is 31.2 Å². The smallest absolute Gasteiger partial charge is 0.313 e. The predicted molar refractivity (Wildman–Crippen MR) is 140 cm³/mol. The Kier molecular flexibility index (Phi) is 6.41. The number of methoxy groups -OCH3 is 1. The van der Waals surface area contributed by atoms with E-state index in [1.165, 1.54) is 12.7 Å². The first-order chi connectivity index (χ1) is 18.5. The number of likely N-dealkylation sites (tertiary alicyclic amines) is 1. The lowest BCUT2D eigenvalue weighted by atomic mass is 9.78. The highest BCUT2D eigenvalue weighted by Gasteiger charge is 2.47. The van der Waals surface area contributed by atoms with Gasteiger partial charge in [-0.1, -0.05) is 48.5 Å². The van der Waals surface area contributed by atoms with E-state index in [-0.39, 0.29) is 18.7 Å². The number of fused-ring (bicyclic) bond motifs is 2. The molecular weight excluding hydrogens is 484 g/mol. The average Bonchev–Trinajstić information content (AvgIpc) is 3.42. The molecule has 0 bridgehead atoms. The minimum absolute atomic E-state index is 0.0630. The van der Waals surface area contributed by atoms with Crippen LogP contribution in [0.2, 0.25) is 0 Å². The van der Waals surface area contributed by atoms with Crippen LogP contribution in [0.15, 0.2) is 66.7 Å². The molecule has 2 atom stereocenters. The highest BCUT2D eigenvalue weighted by atomic mass is 16.7. The molecule has 0 radical (unpaired) electrons. The average molecular weight is 515 g/mol. The second-order valence-corrected chi connectivity index (χ2v) is 10.0. The summed E-state index contributed by atoms with van der Waals surface area (Å²) in [5.74, 6) is -0.599. The highest BCUT2D eigenvalue weighted by Crippen LogP contribution is 2.50. The SMILES string of the molecule is COc1cc([C@@H]2[C@H](C(=O)O)c3ccccc3C(=O)N2C2CCN(Cc3ccccc3)CC2)cc2c1OCO2. The number of rotatable bonds is 6. The van der Waals surface area contributed by atoms with Crippen LogP contribution < -0.4 is 14.2 Å². The monoisotopic (exact) mass is 514 g/mol. The third-order valence-corrected chi connectivity index (χ3v) is 7.86. The number of carboxylic acids is 1.